The number of nitro groups is 1. The Bertz CT molecular complexity index is 532. The molecule has 3 N–H and O–H groups in total. The van der Waals surface area contributed by atoms with Gasteiger partial charge < -0.3 is 15.7 Å². The highest BCUT2D eigenvalue weighted by Crippen LogP contribution is 2.32. The van der Waals surface area contributed by atoms with Gasteiger partial charge in [0, 0.05) is 19.2 Å². The lowest BCUT2D eigenvalue weighted by molar-refractivity contribution is -0.384. The maximum Gasteiger partial charge on any atom is 0.292 e. The summed E-state index contributed by atoms with van der Waals surface area (Å²) >= 11 is 0. The van der Waals surface area contributed by atoms with Crippen molar-refractivity contribution >= 4 is 17.3 Å². The molecule has 1 aliphatic rings. The van der Waals surface area contributed by atoms with Crippen molar-refractivity contribution in [2.75, 3.05) is 18.0 Å². The molecule has 1 aromatic carbocycles. The summed E-state index contributed by atoms with van der Waals surface area (Å²) in [5, 5.41) is 20.2. The number of carbonyl (C=O) groups is 1. The molecule has 0 saturated carbocycles. The van der Waals surface area contributed by atoms with Crippen molar-refractivity contribution in [3.05, 3.63) is 33.9 Å². The molecule has 1 atom stereocenters. The maximum atomic E-state index is 11.3. The summed E-state index contributed by atoms with van der Waals surface area (Å²) < 4.78 is 0. The lowest BCUT2D eigenvalue weighted by Crippen LogP contribution is -2.41. The minimum absolute atomic E-state index is 0.0540. The Morgan fingerprint density at radius 3 is 2.90 bits per heavy atom. The van der Waals surface area contributed by atoms with E-state index in [0.29, 0.717) is 30.8 Å². The largest absolute Gasteiger partial charge is 0.392 e. The highest BCUT2D eigenvalue weighted by atomic mass is 16.6. The van der Waals surface area contributed by atoms with Crippen molar-refractivity contribution in [1.82, 2.24) is 0 Å². The number of hydrogen-bond donors (Lipinski definition) is 2. The highest BCUT2D eigenvalue weighted by molar-refractivity contribution is 5.78. The third-order valence-corrected chi connectivity index (χ3v) is 3.58. The van der Waals surface area contributed by atoms with Crippen LogP contribution in [-0.4, -0.2) is 29.0 Å². The molecule has 0 aliphatic carbocycles. The van der Waals surface area contributed by atoms with Gasteiger partial charge in [-0.3, -0.25) is 14.9 Å². The Kier molecular flexibility index (Phi) is 4.19. The van der Waals surface area contributed by atoms with E-state index in [2.05, 4.69) is 0 Å². The van der Waals surface area contributed by atoms with Crippen molar-refractivity contribution < 1.29 is 14.8 Å². The molecule has 1 heterocycles. The number of carbonyl (C=O) groups excluding carboxylic acids is 1. The molecule has 0 bridgehead atoms. The Labute approximate surface area is 116 Å². The number of aliphatic hydroxyl groups is 1. The molecule has 1 fully saturated rings. The van der Waals surface area contributed by atoms with Gasteiger partial charge in [-0.2, -0.15) is 0 Å². The number of piperidine rings is 1. The van der Waals surface area contributed by atoms with Gasteiger partial charge in [0.15, 0.2) is 0 Å². The molecule has 20 heavy (non-hydrogen) atoms. The fraction of sp³-hybridized carbons (Fsp3) is 0.462. The topological polar surface area (TPSA) is 110 Å². The lowest BCUT2D eigenvalue weighted by Gasteiger charge is -2.32. The molecule has 7 heteroatoms. The molecule has 0 radical (unpaired) electrons. The molecule has 1 amide bonds. The van der Waals surface area contributed by atoms with E-state index in [-0.39, 0.29) is 24.1 Å². The van der Waals surface area contributed by atoms with Crippen molar-refractivity contribution in [2.24, 2.45) is 11.7 Å². The minimum Gasteiger partial charge on any atom is -0.392 e. The first-order valence-corrected chi connectivity index (χ1v) is 6.45. The molecule has 1 aromatic rings. The van der Waals surface area contributed by atoms with E-state index in [0.717, 1.165) is 6.42 Å². The molecular formula is C13H17N3O4. The van der Waals surface area contributed by atoms with Gasteiger partial charge in [-0.05, 0) is 24.5 Å². The summed E-state index contributed by atoms with van der Waals surface area (Å²) in [6.45, 7) is 0.808. The van der Waals surface area contributed by atoms with Crippen LogP contribution >= 0.6 is 0 Å². The van der Waals surface area contributed by atoms with Crippen LogP contribution in [-0.2, 0) is 11.4 Å². The molecular weight excluding hydrogens is 262 g/mol. The molecule has 1 unspecified atom stereocenters. The standard InChI is InChI=1S/C13H17N3O4/c14-13(18)10-2-1-5-15(7-10)11-4-3-9(8-17)6-12(11)16(19)20/h3-4,6,10,17H,1-2,5,7-8H2,(H2,14,18). The van der Waals surface area contributed by atoms with Crippen LogP contribution in [0.2, 0.25) is 0 Å². The molecule has 0 aromatic heterocycles. The maximum absolute atomic E-state index is 11.3. The summed E-state index contributed by atoms with van der Waals surface area (Å²) in [5.74, 6) is -0.648. The van der Waals surface area contributed by atoms with Crippen molar-refractivity contribution in [2.45, 2.75) is 19.4 Å². The van der Waals surface area contributed by atoms with Crippen molar-refractivity contribution in [1.29, 1.82) is 0 Å². The quantitative estimate of drug-likeness (QED) is 0.625. The Balaban J connectivity index is 2.31. The van der Waals surface area contributed by atoms with E-state index in [1.807, 2.05) is 4.90 Å². The number of nitro benzene ring substituents is 1. The van der Waals surface area contributed by atoms with Gasteiger partial charge in [-0.25, -0.2) is 0 Å². The van der Waals surface area contributed by atoms with Crippen LogP contribution < -0.4 is 10.6 Å². The second kappa shape index (κ2) is 5.87. The predicted molar refractivity (Wildman–Crippen MR) is 73.2 cm³/mol. The van der Waals surface area contributed by atoms with Crippen LogP contribution in [0.5, 0.6) is 0 Å². The smallest absolute Gasteiger partial charge is 0.292 e. The van der Waals surface area contributed by atoms with E-state index in [4.69, 9.17) is 10.8 Å². The molecule has 108 valence electrons. The fourth-order valence-electron chi connectivity index (χ4n) is 2.51. The van der Waals surface area contributed by atoms with Gasteiger partial charge in [0.25, 0.3) is 5.69 Å². The van der Waals surface area contributed by atoms with Crippen LogP contribution in [0.3, 0.4) is 0 Å². The highest BCUT2D eigenvalue weighted by Gasteiger charge is 2.28. The third kappa shape index (κ3) is 2.88. The fourth-order valence-corrected chi connectivity index (χ4v) is 2.51. The monoisotopic (exact) mass is 279 g/mol. The molecule has 0 spiro atoms. The van der Waals surface area contributed by atoms with Gasteiger partial charge in [0.2, 0.25) is 5.91 Å². The van der Waals surface area contributed by atoms with Gasteiger partial charge in [0.1, 0.15) is 5.69 Å². The normalized spacial score (nSPS) is 18.9. The number of amides is 1. The second-order valence-electron chi connectivity index (χ2n) is 4.93. The molecule has 1 aliphatic heterocycles. The zero-order valence-corrected chi connectivity index (χ0v) is 11.0. The van der Waals surface area contributed by atoms with E-state index in [1.165, 1.54) is 6.07 Å². The van der Waals surface area contributed by atoms with Crippen LogP contribution in [0.25, 0.3) is 0 Å². The van der Waals surface area contributed by atoms with E-state index in [9.17, 15) is 14.9 Å². The van der Waals surface area contributed by atoms with E-state index >= 15 is 0 Å². The third-order valence-electron chi connectivity index (χ3n) is 3.58. The number of benzene rings is 1. The zero-order valence-electron chi connectivity index (χ0n) is 11.0. The molecule has 7 nitrogen and oxygen atoms in total. The Morgan fingerprint density at radius 1 is 1.55 bits per heavy atom. The molecule has 1 saturated heterocycles. The second-order valence-corrected chi connectivity index (χ2v) is 4.93. The predicted octanol–water partition coefficient (Wildman–Crippen LogP) is 0.789. The first-order valence-electron chi connectivity index (χ1n) is 6.45. The van der Waals surface area contributed by atoms with Crippen molar-refractivity contribution in [3.8, 4) is 0 Å². The van der Waals surface area contributed by atoms with Crippen LogP contribution in [0.15, 0.2) is 18.2 Å². The van der Waals surface area contributed by atoms with E-state index < -0.39 is 4.92 Å². The lowest BCUT2D eigenvalue weighted by atomic mass is 9.96. The average molecular weight is 279 g/mol. The summed E-state index contributed by atoms with van der Waals surface area (Å²) in [6.07, 6.45) is 1.49. The summed E-state index contributed by atoms with van der Waals surface area (Å²) in [4.78, 5) is 23.8. The van der Waals surface area contributed by atoms with Crippen LogP contribution in [0.4, 0.5) is 11.4 Å². The summed E-state index contributed by atoms with van der Waals surface area (Å²) in [7, 11) is 0. The zero-order chi connectivity index (χ0) is 14.7. The van der Waals surface area contributed by atoms with Gasteiger partial charge in [-0.15, -0.1) is 0 Å². The first-order chi connectivity index (χ1) is 9.52. The molecule has 2 rings (SSSR count). The SMILES string of the molecule is NC(=O)C1CCCN(c2ccc(CO)cc2[N+](=O)[O-])C1. The van der Waals surface area contributed by atoms with Crippen molar-refractivity contribution in [3.63, 3.8) is 0 Å². The van der Waals surface area contributed by atoms with Gasteiger partial charge >= 0.3 is 0 Å². The van der Waals surface area contributed by atoms with Gasteiger partial charge in [0.05, 0.1) is 17.4 Å². The van der Waals surface area contributed by atoms with Crippen LogP contribution in [0.1, 0.15) is 18.4 Å². The number of nitrogens with two attached hydrogens (primary N) is 1. The number of aliphatic hydroxyl groups excluding tert-OH is 1. The summed E-state index contributed by atoms with van der Waals surface area (Å²) in [5.41, 5.74) is 6.22. The summed E-state index contributed by atoms with van der Waals surface area (Å²) in [6, 6.07) is 4.63. The van der Waals surface area contributed by atoms with Gasteiger partial charge in [-0.1, -0.05) is 6.07 Å². The number of nitrogens with zero attached hydrogens (tertiary/aromatic N) is 2. The Hall–Kier alpha value is -2.15. The average Bonchev–Trinajstić information content (AvgIpc) is 2.46. The van der Waals surface area contributed by atoms with E-state index in [1.54, 1.807) is 12.1 Å². The first kappa shape index (κ1) is 14.3. The number of primary amides is 1. The van der Waals surface area contributed by atoms with Crippen LogP contribution in [0, 0.1) is 16.0 Å². The Morgan fingerprint density at radius 2 is 2.30 bits per heavy atom. The number of anilines is 1. The number of rotatable bonds is 4. The minimum atomic E-state index is -0.470. The number of hydrogen-bond acceptors (Lipinski definition) is 5.